The Balaban J connectivity index is 6.20. The molecule has 20 heteroatoms. The standard InChI is InChI=1S/C33H61N11O9/c1-16(2)12-19(34)27(47)42-24(15-26(36)46)31(51)40-20(9-10-25(35)45)28(48)43-23(14-18(5)6)30(50)44-22(13-17(3)4)29(49)41-21(32(52)53)8-7-11-39-33(37)38/h16-24H,7-15,34H2,1-6H3,(H2,35,45)(H2,36,46)(H,40,51)(H,41,49)(H,42,47)(H,43,48)(H,44,50)(H,52,53)(H4,37,38,39)/t19-,20-,21-,22-,23-,24-/m0/s1. The molecule has 0 radical (unpaired) electrons. The zero-order valence-electron chi connectivity index (χ0n) is 31.6. The van der Waals surface area contributed by atoms with E-state index in [0.29, 0.717) is 0 Å². The highest BCUT2D eigenvalue weighted by Gasteiger charge is 2.34. The van der Waals surface area contributed by atoms with E-state index < -0.39 is 90.0 Å². The van der Waals surface area contributed by atoms with Gasteiger partial charge in [0.2, 0.25) is 41.4 Å². The molecule has 0 unspecified atom stereocenters. The van der Waals surface area contributed by atoms with Gasteiger partial charge in [-0.3, -0.25) is 38.6 Å². The van der Waals surface area contributed by atoms with Crippen LogP contribution in [-0.4, -0.2) is 101 Å². The van der Waals surface area contributed by atoms with Crippen LogP contribution >= 0.6 is 0 Å². The van der Waals surface area contributed by atoms with E-state index in [4.69, 9.17) is 28.7 Å². The molecule has 0 fully saturated rings. The SMILES string of the molecule is CC(C)C[C@H](NC(=O)[C@H](CC(C)C)NC(=O)[C@H](CCC(N)=O)NC(=O)[C@H](CC(N)=O)NC(=O)[C@@H](N)CC(C)C)C(=O)N[C@@H](CCCN=C(N)N)C(=O)O. The molecular weight excluding hydrogens is 694 g/mol. The van der Waals surface area contributed by atoms with Crippen molar-refractivity contribution < 1.29 is 43.5 Å². The van der Waals surface area contributed by atoms with Crippen molar-refractivity contribution in [3.8, 4) is 0 Å². The van der Waals surface area contributed by atoms with Gasteiger partial charge in [-0.1, -0.05) is 41.5 Å². The molecule has 0 spiro atoms. The van der Waals surface area contributed by atoms with Gasteiger partial charge in [-0.25, -0.2) is 4.79 Å². The van der Waals surface area contributed by atoms with Gasteiger partial charge in [-0.15, -0.1) is 0 Å². The predicted octanol–water partition coefficient (Wildman–Crippen LogP) is -2.84. The number of carboxylic acids is 1. The summed E-state index contributed by atoms with van der Waals surface area (Å²) in [6.45, 7) is 11.0. The summed E-state index contributed by atoms with van der Waals surface area (Å²) in [5.41, 5.74) is 27.1. The van der Waals surface area contributed by atoms with Gasteiger partial charge in [-0.2, -0.15) is 0 Å². The van der Waals surface area contributed by atoms with Crippen LogP contribution in [0, 0.1) is 17.8 Å². The number of nitrogens with one attached hydrogen (secondary N) is 5. The van der Waals surface area contributed by atoms with Crippen LogP contribution < -0.4 is 55.3 Å². The minimum absolute atomic E-state index is 0.000626. The molecule has 0 heterocycles. The van der Waals surface area contributed by atoms with Crippen molar-refractivity contribution in [3.63, 3.8) is 0 Å². The molecule has 53 heavy (non-hydrogen) atoms. The number of aliphatic carboxylic acids is 1. The number of hydrogen-bond acceptors (Lipinski definition) is 10. The molecule has 0 aromatic heterocycles. The smallest absolute Gasteiger partial charge is 0.326 e. The van der Waals surface area contributed by atoms with E-state index in [1.807, 2.05) is 13.8 Å². The second-order valence-electron chi connectivity index (χ2n) is 14.3. The lowest BCUT2D eigenvalue weighted by Gasteiger charge is -2.28. The third-order valence-electron chi connectivity index (χ3n) is 7.65. The average molecular weight is 756 g/mol. The number of amides is 7. The number of carboxylic acid groups (broad SMARTS) is 1. The number of aliphatic imine (C=N–C) groups is 1. The zero-order valence-corrected chi connectivity index (χ0v) is 31.6. The quantitative estimate of drug-likeness (QED) is 0.0242. The normalized spacial score (nSPS) is 14.5. The minimum Gasteiger partial charge on any atom is -0.480 e. The molecule has 6 atom stereocenters. The molecule has 0 aliphatic carbocycles. The van der Waals surface area contributed by atoms with Gasteiger partial charge in [0.15, 0.2) is 5.96 Å². The summed E-state index contributed by atoms with van der Waals surface area (Å²) in [6, 6.07) is -7.76. The summed E-state index contributed by atoms with van der Waals surface area (Å²) >= 11 is 0. The third kappa shape index (κ3) is 21.2. The first-order chi connectivity index (χ1) is 24.5. The van der Waals surface area contributed by atoms with Gasteiger partial charge >= 0.3 is 5.97 Å². The van der Waals surface area contributed by atoms with E-state index in [2.05, 4.69) is 31.6 Å². The maximum atomic E-state index is 13.7. The minimum atomic E-state index is -1.52. The second kappa shape index (κ2) is 24.3. The summed E-state index contributed by atoms with van der Waals surface area (Å²) in [7, 11) is 0. The number of hydrogen-bond donors (Lipinski definition) is 11. The zero-order chi connectivity index (χ0) is 41.0. The lowest BCUT2D eigenvalue weighted by Crippen LogP contribution is -2.60. The molecule has 20 nitrogen and oxygen atoms in total. The van der Waals surface area contributed by atoms with Crippen LogP contribution in [0.3, 0.4) is 0 Å². The van der Waals surface area contributed by atoms with E-state index >= 15 is 0 Å². The van der Waals surface area contributed by atoms with Gasteiger partial charge < -0.3 is 60.4 Å². The molecule has 0 bridgehead atoms. The van der Waals surface area contributed by atoms with Crippen molar-refractivity contribution in [2.24, 2.45) is 51.4 Å². The molecule has 7 amide bonds. The van der Waals surface area contributed by atoms with Crippen molar-refractivity contribution in [1.82, 2.24) is 26.6 Å². The first-order valence-electron chi connectivity index (χ1n) is 17.7. The Morgan fingerprint density at radius 3 is 1.38 bits per heavy atom. The number of nitrogens with zero attached hydrogens (tertiary/aromatic N) is 1. The van der Waals surface area contributed by atoms with Crippen LogP contribution in [0.15, 0.2) is 4.99 Å². The van der Waals surface area contributed by atoms with Gasteiger partial charge in [-0.05, 0) is 56.3 Å². The van der Waals surface area contributed by atoms with E-state index in [0.717, 1.165) is 0 Å². The first kappa shape index (κ1) is 48.0. The van der Waals surface area contributed by atoms with Gasteiger partial charge in [0.25, 0.3) is 0 Å². The molecule has 0 aliphatic heterocycles. The number of guanidine groups is 1. The Labute approximate surface area is 310 Å². The molecule has 0 aromatic carbocycles. The van der Waals surface area contributed by atoms with Gasteiger partial charge in [0.05, 0.1) is 12.5 Å². The summed E-state index contributed by atoms with van der Waals surface area (Å²) in [6.07, 6.45) is -0.601. The number of carbonyl (C=O) groups is 8. The van der Waals surface area contributed by atoms with Crippen molar-refractivity contribution in [2.45, 2.75) is 129 Å². The van der Waals surface area contributed by atoms with Crippen LogP contribution in [0.1, 0.15) is 92.9 Å². The molecule has 0 saturated heterocycles. The van der Waals surface area contributed by atoms with Crippen molar-refractivity contribution in [3.05, 3.63) is 0 Å². The molecule has 0 saturated carbocycles. The highest BCUT2D eigenvalue weighted by atomic mass is 16.4. The number of primary amides is 2. The van der Waals surface area contributed by atoms with Crippen LogP contribution in [0.2, 0.25) is 0 Å². The maximum Gasteiger partial charge on any atom is 0.326 e. The summed E-state index contributed by atoms with van der Waals surface area (Å²) in [5.74, 6) is -7.61. The second-order valence-corrected chi connectivity index (χ2v) is 14.3. The predicted molar refractivity (Wildman–Crippen MR) is 196 cm³/mol. The Bertz CT molecular complexity index is 1300. The highest BCUT2D eigenvalue weighted by molar-refractivity contribution is 5.97. The van der Waals surface area contributed by atoms with Crippen LogP contribution in [0.25, 0.3) is 0 Å². The lowest BCUT2D eigenvalue weighted by molar-refractivity contribution is -0.142. The van der Waals surface area contributed by atoms with E-state index in [1.165, 1.54) is 0 Å². The van der Waals surface area contributed by atoms with Crippen LogP contribution in [0.5, 0.6) is 0 Å². The molecule has 0 rings (SSSR count). The summed E-state index contributed by atoms with van der Waals surface area (Å²) < 4.78 is 0. The Morgan fingerprint density at radius 2 is 0.962 bits per heavy atom. The molecular formula is C33H61N11O9. The number of carbonyl (C=O) groups excluding carboxylic acids is 7. The van der Waals surface area contributed by atoms with Crippen molar-refractivity contribution in [2.75, 3.05) is 6.54 Å². The summed E-state index contributed by atoms with van der Waals surface area (Å²) in [5, 5.41) is 22.1. The highest BCUT2D eigenvalue weighted by Crippen LogP contribution is 2.12. The Kier molecular flexibility index (Phi) is 22.0. The van der Waals surface area contributed by atoms with Crippen molar-refractivity contribution in [1.29, 1.82) is 0 Å². The fourth-order valence-electron chi connectivity index (χ4n) is 5.12. The van der Waals surface area contributed by atoms with E-state index in [-0.39, 0.29) is 75.2 Å². The van der Waals surface area contributed by atoms with Crippen LogP contribution in [-0.2, 0) is 38.4 Å². The monoisotopic (exact) mass is 755 g/mol. The van der Waals surface area contributed by atoms with Gasteiger partial charge in [0.1, 0.15) is 30.2 Å². The number of nitrogens with two attached hydrogens (primary N) is 5. The van der Waals surface area contributed by atoms with E-state index in [9.17, 15) is 43.5 Å². The van der Waals surface area contributed by atoms with E-state index in [1.54, 1.807) is 27.7 Å². The first-order valence-corrected chi connectivity index (χ1v) is 17.7. The largest absolute Gasteiger partial charge is 0.480 e. The fourth-order valence-corrected chi connectivity index (χ4v) is 5.12. The molecule has 16 N–H and O–H groups in total. The molecule has 302 valence electrons. The Morgan fingerprint density at radius 1 is 0.547 bits per heavy atom. The lowest BCUT2D eigenvalue weighted by atomic mass is 9.99. The molecule has 0 aromatic rings. The third-order valence-corrected chi connectivity index (χ3v) is 7.65. The van der Waals surface area contributed by atoms with Crippen molar-refractivity contribution >= 4 is 53.3 Å². The average Bonchev–Trinajstić information content (AvgIpc) is 3.01. The molecule has 0 aliphatic rings. The topological polar surface area (TPSA) is 359 Å². The number of rotatable bonds is 26. The maximum absolute atomic E-state index is 13.7. The summed E-state index contributed by atoms with van der Waals surface area (Å²) in [4.78, 5) is 106. The Hall–Kier alpha value is -5.01. The fraction of sp³-hybridized carbons (Fsp3) is 0.727. The van der Waals surface area contributed by atoms with Crippen LogP contribution in [0.4, 0.5) is 0 Å². The van der Waals surface area contributed by atoms with Gasteiger partial charge in [0, 0.05) is 13.0 Å².